The lowest BCUT2D eigenvalue weighted by molar-refractivity contribution is -0.122. The molecule has 4 amide bonds. The number of hydrogen-bond donors (Lipinski definition) is 4. The number of rotatable bonds is 12. The average molecular weight is 1510 g/mol. The number of halogens is 3. The van der Waals surface area contributed by atoms with Gasteiger partial charge in [0.05, 0.1) is 43.5 Å². The number of carbonyl (C=O) groups is 4. The molecule has 0 aromatic heterocycles. The second-order valence-electron chi connectivity index (χ2n) is 34.6. The van der Waals surface area contributed by atoms with Gasteiger partial charge in [-0.15, -0.1) is 0 Å². The van der Waals surface area contributed by atoms with Crippen molar-refractivity contribution in [1.82, 2.24) is 0 Å². The van der Waals surface area contributed by atoms with Gasteiger partial charge in [-0.2, -0.15) is 0 Å². The second kappa shape index (κ2) is 33.5. The molecule has 16 rings (SSSR count). The normalized spacial score (nSPS) is 24.6. The summed E-state index contributed by atoms with van der Waals surface area (Å²) < 4.78 is 66.2. The Kier molecular flexibility index (Phi) is 24.1. The van der Waals surface area contributed by atoms with Gasteiger partial charge in [0.25, 0.3) is 0 Å². The summed E-state index contributed by atoms with van der Waals surface area (Å²) in [7, 11) is 0. The Hall–Kier alpha value is -9.37. The molecule has 4 heterocycles. The van der Waals surface area contributed by atoms with Crippen LogP contribution in [-0.4, -0.2) is 50.1 Å². The predicted molar refractivity (Wildman–Crippen MR) is 437 cm³/mol. The summed E-state index contributed by atoms with van der Waals surface area (Å²) in [5, 5.41) is 11.4. The van der Waals surface area contributed by atoms with E-state index >= 15 is 0 Å². The third-order valence-corrected chi connectivity index (χ3v) is 26.7. The molecule has 8 aliphatic rings. The van der Waals surface area contributed by atoms with Crippen LogP contribution in [0, 0.1) is 120 Å². The lowest BCUT2D eigenvalue weighted by atomic mass is 9.65. The van der Waals surface area contributed by atoms with Gasteiger partial charge in [-0.1, -0.05) is 112 Å². The van der Waals surface area contributed by atoms with E-state index in [-0.39, 0.29) is 103 Å². The van der Waals surface area contributed by atoms with Crippen LogP contribution < -0.4 is 40.2 Å². The van der Waals surface area contributed by atoms with Crippen molar-refractivity contribution in [2.45, 2.75) is 207 Å². The van der Waals surface area contributed by atoms with E-state index in [4.69, 9.17) is 18.9 Å². The molecule has 0 unspecified atom stereocenters. The van der Waals surface area contributed by atoms with Gasteiger partial charge >= 0.3 is 0 Å². The molecule has 4 fully saturated rings. The van der Waals surface area contributed by atoms with Gasteiger partial charge in [0.1, 0.15) is 40.4 Å². The van der Waals surface area contributed by atoms with Crippen molar-refractivity contribution in [3.8, 4) is 23.0 Å². The van der Waals surface area contributed by atoms with Crippen LogP contribution in [0.25, 0.3) is 0 Å². The molecular weight excluding hydrogens is 1390 g/mol. The van der Waals surface area contributed by atoms with Gasteiger partial charge in [-0.05, 0) is 294 Å². The van der Waals surface area contributed by atoms with Crippen molar-refractivity contribution in [3.63, 3.8) is 0 Å². The summed E-state index contributed by atoms with van der Waals surface area (Å²) in [6.07, 6.45) is 16.5. The van der Waals surface area contributed by atoms with E-state index in [0.29, 0.717) is 23.7 Å². The lowest BCUT2D eigenvalue weighted by Crippen LogP contribution is -2.37. The number of carbonyl (C=O) groups excluding carboxylic acids is 4. The Morgan fingerprint density at radius 2 is 0.505 bits per heavy atom. The van der Waals surface area contributed by atoms with Gasteiger partial charge < -0.3 is 40.2 Å². The first kappa shape index (κ1) is 79.7. The first-order valence-corrected chi connectivity index (χ1v) is 40.6. The molecule has 0 saturated heterocycles. The highest BCUT2D eigenvalue weighted by molar-refractivity contribution is 5.94. The van der Waals surface area contributed by atoms with Gasteiger partial charge in [0.2, 0.25) is 23.6 Å². The number of benzene rings is 8. The molecule has 111 heavy (non-hydrogen) atoms. The fourth-order valence-corrected chi connectivity index (χ4v) is 19.0. The fourth-order valence-electron chi connectivity index (χ4n) is 19.0. The van der Waals surface area contributed by atoms with E-state index in [9.17, 15) is 32.3 Å². The van der Waals surface area contributed by atoms with Crippen molar-refractivity contribution < 1.29 is 51.3 Å². The van der Waals surface area contributed by atoms with Crippen LogP contribution in [0.3, 0.4) is 0 Å². The molecule has 586 valence electrons. The standard InChI is InChI=1S/3C24H28FNO2.C24H29NO2/c3*1-15-5-7-21(20(25)12-15)26-23(27)17(3)18-8-10-24(11-9-18)14-28-22-13-16(2)4-6-19(22)24;1-16-4-7-20(8-5-16)25-23(26)18(3)19-10-12-24(13-11-19)15-27-22-14-17(2)6-9-21(22)24/h3*4-7,12-13,17-18H,8-11,14H2,1-3H3,(H,26,27);4-9,14,18-19H,10-13,15H2,1-3H3,(H,25,26)/t3*17-,18?,24?;18-,19?,24?/m1100/s1. The molecule has 4 aliphatic carbocycles. The van der Waals surface area contributed by atoms with Gasteiger partial charge in [-0.3, -0.25) is 19.2 Å². The lowest BCUT2D eigenvalue weighted by Gasteiger charge is -2.38. The van der Waals surface area contributed by atoms with Gasteiger partial charge in [0, 0.05) is 73.3 Å². The minimum atomic E-state index is -0.377. The topological polar surface area (TPSA) is 153 Å². The summed E-state index contributed by atoms with van der Waals surface area (Å²) in [4.78, 5) is 50.8. The van der Waals surface area contributed by atoms with E-state index in [1.165, 1.54) is 68.3 Å². The largest absolute Gasteiger partial charge is 0.492 e. The molecule has 4 spiro atoms. The van der Waals surface area contributed by atoms with Crippen molar-refractivity contribution >= 4 is 46.4 Å². The number of fused-ring (bicyclic) bond motifs is 8. The van der Waals surface area contributed by atoms with Crippen LogP contribution in [0.2, 0.25) is 0 Å². The molecule has 4 atom stereocenters. The highest BCUT2D eigenvalue weighted by Gasteiger charge is 2.49. The molecular formula is C96H113F3N4O8. The second-order valence-corrected chi connectivity index (χ2v) is 34.6. The zero-order chi connectivity index (χ0) is 78.7. The van der Waals surface area contributed by atoms with Gasteiger partial charge in [0.15, 0.2) is 0 Å². The predicted octanol–water partition coefficient (Wildman–Crippen LogP) is 22.0. The zero-order valence-electron chi connectivity index (χ0n) is 67.1. The summed E-state index contributed by atoms with van der Waals surface area (Å²) in [6.45, 7) is 26.9. The maximum absolute atomic E-state index is 14.1. The van der Waals surface area contributed by atoms with E-state index in [1.807, 2.05) is 84.0 Å². The Labute approximate surface area is 655 Å². The number of ether oxygens (including phenoxy) is 4. The third kappa shape index (κ3) is 17.6. The SMILES string of the molecule is Cc1ccc(NC(=O)[C@@H](C)C2CCC3(CC2)COc2cc(C)ccc23)c(F)c1.Cc1ccc(NC(=O)[C@@H](C)C2CCC3(CC2)COc2cc(C)ccc23)cc1.Cc1ccc(NC(=O)[C@H](C)C2CCC3(CC2)COc2cc(C)ccc23)c(F)c1.Cc1ccc(NC(=O)[C@H](C)C2CCC3(CC2)COc2cc(C)ccc23)c(F)c1. The number of nitrogens with one attached hydrogen (secondary N) is 4. The number of hydrogen-bond acceptors (Lipinski definition) is 8. The highest BCUT2D eigenvalue weighted by Crippen LogP contribution is 2.55. The average Bonchev–Trinajstić information content (AvgIpc) is 1.65. The van der Waals surface area contributed by atoms with E-state index in [0.717, 1.165) is 175 Å². The molecule has 0 bridgehead atoms. The van der Waals surface area contributed by atoms with Crippen LogP contribution in [0.15, 0.2) is 152 Å². The fraction of sp³-hybridized carbons (Fsp3) is 0.458. The maximum Gasteiger partial charge on any atom is 0.227 e. The maximum atomic E-state index is 14.1. The summed E-state index contributed by atoms with van der Waals surface area (Å²) in [5.41, 5.74) is 16.1. The summed E-state index contributed by atoms with van der Waals surface area (Å²) >= 11 is 0. The quantitative estimate of drug-likeness (QED) is 0.0943. The van der Waals surface area contributed by atoms with Crippen LogP contribution >= 0.6 is 0 Å². The molecule has 0 radical (unpaired) electrons. The van der Waals surface area contributed by atoms with Crippen molar-refractivity contribution in [2.75, 3.05) is 47.7 Å². The Bertz CT molecular complexity index is 4360. The zero-order valence-corrected chi connectivity index (χ0v) is 67.1. The minimum absolute atomic E-state index is 0.0310. The van der Waals surface area contributed by atoms with Crippen molar-refractivity contribution in [1.29, 1.82) is 0 Å². The Morgan fingerprint density at radius 3 is 0.739 bits per heavy atom. The van der Waals surface area contributed by atoms with Crippen molar-refractivity contribution in [2.24, 2.45) is 47.3 Å². The van der Waals surface area contributed by atoms with Crippen LogP contribution in [0.4, 0.5) is 35.9 Å². The molecule has 8 aromatic carbocycles. The van der Waals surface area contributed by atoms with E-state index in [1.54, 1.807) is 18.2 Å². The molecule has 8 aromatic rings. The number of amides is 4. The van der Waals surface area contributed by atoms with Crippen LogP contribution in [0.1, 0.15) is 197 Å². The summed E-state index contributed by atoms with van der Waals surface area (Å²) in [6, 6.07) is 48.8. The first-order valence-electron chi connectivity index (χ1n) is 40.6. The third-order valence-electron chi connectivity index (χ3n) is 26.7. The molecule has 4 aliphatic heterocycles. The molecule has 4 saturated carbocycles. The van der Waals surface area contributed by atoms with Gasteiger partial charge in [-0.25, -0.2) is 13.2 Å². The molecule has 12 nitrogen and oxygen atoms in total. The monoisotopic (exact) mass is 1510 g/mol. The number of anilines is 4. The van der Waals surface area contributed by atoms with Crippen molar-refractivity contribution in [3.05, 3.63) is 236 Å². The number of aryl methyl sites for hydroxylation is 8. The van der Waals surface area contributed by atoms with Crippen LogP contribution in [-0.2, 0) is 40.8 Å². The molecule has 15 heteroatoms. The van der Waals surface area contributed by atoms with E-state index in [2.05, 4.69) is 136 Å². The Morgan fingerprint density at radius 1 is 0.297 bits per heavy atom. The smallest absolute Gasteiger partial charge is 0.227 e. The molecule has 4 N–H and O–H groups in total. The minimum Gasteiger partial charge on any atom is -0.492 e. The Balaban J connectivity index is 0.000000130. The summed E-state index contributed by atoms with van der Waals surface area (Å²) in [5.74, 6) is 3.86. The van der Waals surface area contributed by atoms with Crippen LogP contribution in [0.5, 0.6) is 23.0 Å². The van der Waals surface area contributed by atoms with E-state index < -0.39 is 0 Å². The first-order chi connectivity index (χ1) is 53.1. The highest BCUT2D eigenvalue weighted by atomic mass is 19.1.